The van der Waals surface area contributed by atoms with Gasteiger partial charge in [-0.05, 0) is 12.8 Å². The van der Waals surface area contributed by atoms with Crippen LogP contribution in [0.3, 0.4) is 0 Å². The number of rotatable bonds is 43. The first-order chi connectivity index (χ1) is 24.2. The zero-order valence-electron chi connectivity index (χ0n) is 33.8. The van der Waals surface area contributed by atoms with E-state index in [4.69, 9.17) is 4.74 Å². The van der Waals surface area contributed by atoms with Crippen LogP contribution in [0.2, 0.25) is 0 Å². The first-order valence-corrected chi connectivity index (χ1v) is 22.6. The lowest BCUT2D eigenvalue weighted by Crippen LogP contribution is -2.46. The van der Waals surface area contributed by atoms with Gasteiger partial charge in [0.05, 0.1) is 31.3 Å². The Bertz CT molecular complexity index is 584. The minimum atomic E-state index is -0.942. The number of hydrogen-bond acceptors (Lipinski definition) is 4. The van der Waals surface area contributed by atoms with Crippen LogP contribution in [0.25, 0.3) is 0 Å². The van der Waals surface area contributed by atoms with Crippen molar-refractivity contribution < 1.29 is 20.1 Å². The van der Waals surface area contributed by atoms with Crippen molar-refractivity contribution in [3.8, 4) is 0 Å². The van der Waals surface area contributed by atoms with E-state index in [0.717, 1.165) is 25.7 Å². The predicted octanol–water partition coefficient (Wildman–Crippen LogP) is 13.8. The smallest absolute Gasteiger partial charge is 0.0697 e. The number of aliphatic hydroxyl groups excluding tert-OH is 3. The zero-order chi connectivity index (χ0) is 35.8. The third kappa shape index (κ3) is 32.2. The lowest BCUT2D eigenvalue weighted by Gasteiger charge is -2.36. The average Bonchev–Trinajstić information content (AvgIpc) is 3.12. The van der Waals surface area contributed by atoms with E-state index in [2.05, 4.69) is 13.8 Å². The van der Waals surface area contributed by atoms with E-state index >= 15 is 0 Å². The normalized spacial score (nSPS) is 12.7. The Morgan fingerprint density at radius 2 is 0.551 bits per heavy atom. The third-order valence-electron chi connectivity index (χ3n) is 11.3. The minimum absolute atomic E-state index is 0.233. The molecular formula is C45H92O4. The van der Waals surface area contributed by atoms with Crippen molar-refractivity contribution in [3.05, 3.63) is 0 Å². The lowest BCUT2D eigenvalue weighted by atomic mass is 9.81. The van der Waals surface area contributed by atoms with E-state index in [1.54, 1.807) is 0 Å². The fraction of sp³-hybridized carbons (Fsp3) is 1.00. The fourth-order valence-electron chi connectivity index (χ4n) is 7.48. The molecule has 0 aromatic carbocycles. The topological polar surface area (TPSA) is 69.9 Å². The number of unbranched alkanes of at least 4 members (excludes halogenated alkanes) is 34. The maximum atomic E-state index is 10.1. The van der Waals surface area contributed by atoms with Crippen LogP contribution in [0.15, 0.2) is 0 Å². The molecule has 0 aliphatic carbocycles. The van der Waals surface area contributed by atoms with Gasteiger partial charge in [-0.3, -0.25) is 0 Å². The fourth-order valence-corrected chi connectivity index (χ4v) is 7.48. The highest BCUT2D eigenvalue weighted by Crippen LogP contribution is 2.28. The van der Waals surface area contributed by atoms with Gasteiger partial charge in [0.1, 0.15) is 0 Å². The van der Waals surface area contributed by atoms with Gasteiger partial charge < -0.3 is 20.1 Å². The minimum Gasteiger partial charge on any atom is -0.396 e. The van der Waals surface area contributed by atoms with E-state index in [9.17, 15) is 15.3 Å². The molecule has 4 heteroatoms. The van der Waals surface area contributed by atoms with E-state index in [-0.39, 0.29) is 25.9 Å². The summed E-state index contributed by atoms with van der Waals surface area (Å²) in [7, 11) is 0. The summed E-state index contributed by atoms with van der Waals surface area (Å²) >= 11 is 0. The van der Waals surface area contributed by atoms with Crippen LogP contribution >= 0.6 is 0 Å². The van der Waals surface area contributed by atoms with E-state index < -0.39 is 5.41 Å². The number of ether oxygens (including phenoxy) is 1. The first-order valence-electron chi connectivity index (χ1n) is 22.6. The van der Waals surface area contributed by atoms with Crippen molar-refractivity contribution in [2.75, 3.05) is 26.4 Å². The summed E-state index contributed by atoms with van der Waals surface area (Å²) in [4.78, 5) is 0. The molecule has 0 fully saturated rings. The van der Waals surface area contributed by atoms with Gasteiger partial charge in [-0.25, -0.2) is 0 Å². The van der Waals surface area contributed by atoms with Crippen molar-refractivity contribution in [2.24, 2.45) is 5.41 Å². The molecule has 0 amide bonds. The predicted molar refractivity (Wildman–Crippen MR) is 216 cm³/mol. The van der Waals surface area contributed by atoms with E-state index in [0.29, 0.717) is 6.61 Å². The summed E-state index contributed by atoms with van der Waals surface area (Å²) in [6, 6.07) is 0. The van der Waals surface area contributed by atoms with Crippen LogP contribution in [0.5, 0.6) is 0 Å². The molecule has 0 spiro atoms. The Morgan fingerprint density at radius 1 is 0.327 bits per heavy atom. The van der Waals surface area contributed by atoms with Gasteiger partial charge in [0.15, 0.2) is 0 Å². The van der Waals surface area contributed by atoms with Gasteiger partial charge in [-0.2, -0.15) is 0 Å². The number of hydrogen-bond donors (Lipinski definition) is 3. The SMILES string of the molecule is CCCCCCCCCCCCCCCCCCCCOC(CCCCCCCCCCCCCCCCCCCC)C(CO)(CO)CO. The molecule has 4 nitrogen and oxygen atoms in total. The monoisotopic (exact) mass is 697 g/mol. The Kier molecular flexibility index (Phi) is 40.5. The van der Waals surface area contributed by atoms with Crippen LogP contribution < -0.4 is 0 Å². The molecule has 3 N–H and O–H groups in total. The molecule has 0 radical (unpaired) electrons. The summed E-state index contributed by atoms with van der Waals surface area (Å²) in [5, 5.41) is 30.2. The van der Waals surface area contributed by atoms with Gasteiger partial charge in [0.2, 0.25) is 0 Å². The first kappa shape index (κ1) is 48.8. The molecule has 296 valence electrons. The second-order valence-corrected chi connectivity index (χ2v) is 16.0. The van der Waals surface area contributed by atoms with Gasteiger partial charge in [0, 0.05) is 6.61 Å². The van der Waals surface area contributed by atoms with Gasteiger partial charge in [0.25, 0.3) is 0 Å². The maximum absolute atomic E-state index is 10.1. The summed E-state index contributed by atoms with van der Waals surface area (Å²) in [5.41, 5.74) is -0.942. The molecule has 0 aliphatic rings. The van der Waals surface area contributed by atoms with Crippen molar-refractivity contribution in [1.29, 1.82) is 0 Å². The van der Waals surface area contributed by atoms with Gasteiger partial charge >= 0.3 is 0 Å². The summed E-state index contributed by atoms with van der Waals surface area (Å²) in [6.07, 6.45) is 49.6. The molecule has 1 unspecified atom stereocenters. The second-order valence-electron chi connectivity index (χ2n) is 16.0. The molecule has 0 heterocycles. The van der Waals surface area contributed by atoms with Gasteiger partial charge in [-0.1, -0.05) is 239 Å². The van der Waals surface area contributed by atoms with E-state index in [1.807, 2.05) is 0 Å². The van der Waals surface area contributed by atoms with Crippen LogP contribution in [-0.2, 0) is 4.74 Å². The highest BCUT2D eigenvalue weighted by molar-refractivity contribution is 4.86. The Morgan fingerprint density at radius 3 is 0.796 bits per heavy atom. The van der Waals surface area contributed by atoms with Crippen molar-refractivity contribution in [3.63, 3.8) is 0 Å². The maximum Gasteiger partial charge on any atom is 0.0697 e. The lowest BCUT2D eigenvalue weighted by molar-refractivity contribution is -0.117. The third-order valence-corrected chi connectivity index (χ3v) is 11.3. The van der Waals surface area contributed by atoms with Crippen molar-refractivity contribution in [2.45, 2.75) is 258 Å². The molecule has 0 rings (SSSR count). The summed E-state index contributed by atoms with van der Waals surface area (Å²) in [5.74, 6) is 0. The molecule has 0 bridgehead atoms. The molecule has 0 aromatic heterocycles. The Balaban J connectivity index is 3.76. The number of aliphatic hydroxyl groups is 3. The second kappa shape index (κ2) is 40.6. The average molecular weight is 697 g/mol. The molecule has 0 aromatic rings. The molecule has 0 saturated carbocycles. The highest BCUT2D eigenvalue weighted by Gasteiger charge is 2.38. The standard InChI is InChI=1S/C45H92O4/c1-3-5-7-9-11-13-15-17-19-21-23-25-27-29-31-33-35-37-39-44(45(41-46,42-47)43-48)49-40-38-36-34-32-30-28-26-24-22-20-18-16-14-12-10-8-6-4-2/h44,46-48H,3-43H2,1-2H3. The molecule has 49 heavy (non-hydrogen) atoms. The molecule has 0 saturated heterocycles. The summed E-state index contributed by atoms with van der Waals surface area (Å²) in [6.45, 7) is 4.54. The van der Waals surface area contributed by atoms with E-state index in [1.165, 1.54) is 212 Å². The Hall–Kier alpha value is -0.160. The largest absolute Gasteiger partial charge is 0.396 e. The van der Waals surface area contributed by atoms with Crippen LogP contribution in [-0.4, -0.2) is 47.9 Å². The van der Waals surface area contributed by atoms with Crippen molar-refractivity contribution in [1.82, 2.24) is 0 Å². The van der Waals surface area contributed by atoms with Crippen LogP contribution in [0.1, 0.15) is 251 Å². The van der Waals surface area contributed by atoms with Crippen molar-refractivity contribution >= 4 is 0 Å². The Labute approximate surface area is 308 Å². The molecule has 1 atom stereocenters. The van der Waals surface area contributed by atoms with Crippen LogP contribution in [0, 0.1) is 5.41 Å². The molecule has 0 aliphatic heterocycles. The summed E-state index contributed by atoms with van der Waals surface area (Å²) < 4.78 is 6.26. The van der Waals surface area contributed by atoms with Crippen LogP contribution in [0.4, 0.5) is 0 Å². The zero-order valence-corrected chi connectivity index (χ0v) is 33.8. The highest BCUT2D eigenvalue weighted by atomic mass is 16.5. The molecular weight excluding hydrogens is 604 g/mol. The van der Waals surface area contributed by atoms with Gasteiger partial charge in [-0.15, -0.1) is 0 Å². The quantitative estimate of drug-likeness (QED) is 0.0555.